The maximum atomic E-state index is 13.9. The molecule has 46 heavy (non-hydrogen) atoms. The lowest BCUT2D eigenvalue weighted by Crippen LogP contribution is -2.52. The molecule has 2 amide bonds. The van der Waals surface area contributed by atoms with E-state index in [1.165, 1.54) is 16.3 Å². The SMILES string of the molecule is CC(=O)c1ccc(-n2c(=O)n3n(c2=O)C2C(=CC3)C(C)(C)Oc3cc(OC(=O)N4CCN(C(=O)CN(C)C)CC4)ccc32)cc1.Cl. The van der Waals surface area contributed by atoms with E-state index in [4.69, 9.17) is 9.47 Å². The molecule has 1 atom stereocenters. The average Bonchev–Trinajstić information content (AvgIpc) is 3.25. The van der Waals surface area contributed by atoms with E-state index in [1.54, 1.807) is 52.3 Å². The van der Waals surface area contributed by atoms with E-state index in [0.29, 0.717) is 55.3 Å². The number of hydrogen-bond acceptors (Lipinski definition) is 8. The van der Waals surface area contributed by atoms with E-state index in [-0.39, 0.29) is 36.4 Å². The molecule has 4 heterocycles. The number of halogens is 1. The first-order valence-corrected chi connectivity index (χ1v) is 14.8. The van der Waals surface area contributed by atoms with Crippen molar-refractivity contribution >= 4 is 30.2 Å². The molecule has 0 spiro atoms. The number of likely N-dealkylation sites (N-methyl/N-ethyl adjacent to an activating group) is 1. The molecule has 6 rings (SSSR count). The zero-order valence-electron chi connectivity index (χ0n) is 26.4. The van der Waals surface area contributed by atoms with Gasteiger partial charge in [-0.15, -0.1) is 12.4 Å². The monoisotopic (exact) mass is 652 g/mol. The lowest BCUT2D eigenvalue weighted by molar-refractivity contribution is -0.133. The van der Waals surface area contributed by atoms with Gasteiger partial charge in [0.15, 0.2) is 5.78 Å². The van der Waals surface area contributed by atoms with Crippen LogP contribution in [0.3, 0.4) is 0 Å². The summed E-state index contributed by atoms with van der Waals surface area (Å²) in [5.74, 6) is 0.607. The van der Waals surface area contributed by atoms with Crippen molar-refractivity contribution in [3.05, 3.63) is 86.2 Å². The van der Waals surface area contributed by atoms with Crippen molar-refractivity contribution in [2.45, 2.75) is 39.0 Å². The van der Waals surface area contributed by atoms with Gasteiger partial charge in [0.1, 0.15) is 23.1 Å². The topological polar surface area (TPSA) is 128 Å². The third-order valence-electron chi connectivity index (χ3n) is 8.50. The van der Waals surface area contributed by atoms with Crippen LogP contribution in [0.2, 0.25) is 0 Å². The summed E-state index contributed by atoms with van der Waals surface area (Å²) in [6.45, 7) is 7.30. The largest absolute Gasteiger partial charge is 0.483 e. The number of ketones is 1. The highest BCUT2D eigenvalue weighted by Gasteiger charge is 2.44. The van der Waals surface area contributed by atoms with Crippen LogP contribution in [0.25, 0.3) is 5.69 Å². The third-order valence-corrected chi connectivity index (χ3v) is 8.50. The van der Waals surface area contributed by atoms with Crippen LogP contribution in [-0.2, 0) is 11.3 Å². The number of piperazine rings is 1. The van der Waals surface area contributed by atoms with Crippen LogP contribution in [0.15, 0.2) is 63.7 Å². The Kier molecular flexibility index (Phi) is 8.75. The van der Waals surface area contributed by atoms with E-state index in [2.05, 4.69) is 0 Å². The standard InChI is InChI=1S/C32H36N6O7.ClH/c1-20(39)21-6-8-22(9-7-21)37-29(41)36-13-12-25-28(38(36)30(37)42)24-11-10-23(18-26(24)45-32(25,2)3)44-31(43)35-16-14-34(15-17-35)27(40)19-33(4)5;/h6-12,18,28H,13-17,19H2,1-5H3;1H. The summed E-state index contributed by atoms with van der Waals surface area (Å²) in [5, 5.41) is 0. The molecule has 244 valence electrons. The van der Waals surface area contributed by atoms with Gasteiger partial charge in [-0.3, -0.25) is 9.59 Å². The molecule has 1 saturated heterocycles. The molecule has 0 N–H and O–H groups in total. The molecule has 3 aliphatic rings. The molecule has 0 bridgehead atoms. The van der Waals surface area contributed by atoms with E-state index in [1.807, 2.05) is 38.9 Å². The number of Topliss-reactive ketones (excluding diaryl/α,β-unsaturated/α-hetero) is 1. The number of carbonyl (C=O) groups is 3. The summed E-state index contributed by atoms with van der Waals surface area (Å²) in [5.41, 5.74) is 0.471. The van der Waals surface area contributed by atoms with Gasteiger partial charge in [0.25, 0.3) is 0 Å². The summed E-state index contributed by atoms with van der Waals surface area (Å²) in [6, 6.07) is 10.7. The Bertz CT molecular complexity index is 1850. The summed E-state index contributed by atoms with van der Waals surface area (Å²) in [7, 11) is 3.68. The molecule has 1 fully saturated rings. The number of nitrogens with zero attached hydrogens (tertiary/aromatic N) is 6. The van der Waals surface area contributed by atoms with Crippen LogP contribution < -0.4 is 20.9 Å². The molecule has 3 aromatic rings. The number of aromatic nitrogens is 3. The van der Waals surface area contributed by atoms with E-state index in [0.717, 1.165) is 10.1 Å². The smallest absolute Gasteiger partial charge is 0.415 e. The minimum absolute atomic E-state index is 0. The maximum Gasteiger partial charge on any atom is 0.415 e. The van der Waals surface area contributed by atoms with Gasteiger partial charge in [0.05, 0.1) is 18.8 Å². The van der Waals surface area contributed by atoms with Crippen molar-refractivity contribution < 1.29 is 23.9 Å². The Morgan fingerprint density at radius 3 is 2.24 bits per heavy atom. The molecule has 13 nitrogen and oxygen atoms in total. The molecule has 3 aliphatic heterocycles. The van der Waals surface area contributed by atoms with Gasteiger partial charge in [-0.2, -0.15) is 0 Å². The number of allylic oxidation sites excluding steroid dienone is 1. The molecule has 1 aromatic heterocycles. The first kappa shape index (κ1) is 32.8. The number of amides is 2. The Hall–Kier alpha value is -4.62. The Morgan fingerprint density at radius 2 is 1.61 bits per heavy atom. The molecule has 1 unspecified atom stereocenters. The molecular formula is C32H37ClN6O7. The number of ether oxygens (including phenoxy) is 2. The Morgan fingerprint density at radius 1 is 0.957 bits per heavy atom. The number of hydrogen-bond donors (Lipinski definition) is 0. The fourth-order valence-corrected chi connectivity index (χ4v) is 6.18. The Balaban J connectivity index is 0.00000417. The molecule has 0 saturated carbocycles. The van der Waals surface area contributed by atoms with Gasteiger partial charge in [-0.1, -0.05) is 6.08 Å². The Labute approximate surface area is 271 Å². The highest BCUT2D eigenvalue weighted by Crippen LogP contribution is 2.47. The first-order valence-electron chi connectivity index (χ1n) is 14.8. The maximum absolute atomic E-state index is 13.9. The zero-order valence-corrected chi connectivity index (χ0v) is 27.2. The van der Waals surface area contributed by atoms with Gasteiger partial charge in [0.2, 0.25) is 5.91 Å². The van der Waals surface area contributed by atoms with Crippen molar-refractivity contribution in [3.8, 4) is 17.2 Å². The van der Waals surface area contributed by atoms with Crippen LogP contribution in [0, 0.1) is 0 Å². The van der Waals surface area contributed by atoms with E-state index < -0.39 is 29.1 Å². The minimum Gasteiger partial charge on any atom is -0.483 e. The number of fused-ring (bicyclic) bond motifs is 5. The minimum atomic E-state index is -0.832. The van der Waals surface area contributed by atoms with Gasteiger partial charge in [-0.05, 0) is 76.8 Å². The highest BCUT2D eigenvalue weighted by atomic mass is 35.5. The van der Waals surface area contributed by atoms with Crippen LogP contribution in [0.4, 0.5) is 4.79 Å². The van der Waals surface area contributed by atoms with Crippen LogP contribution in [0.1, 0.15) is 42.7 Å². The van der Waals surface area contributed by atoms with Crippen molar-refractivity contribution in [2.24, 2.45) is 0 Å². The fourth-order valence-electron chi connectivity index (χ4n) is 6.18. The molecule has 0 radical (unpaired) electrons. The lowest BCUT2D eigenvalue weighted by atomic mass is 9.83. The normalized spacial score (nSPS) is 18.0. The lowest BCUT2D eigenvalue weighted by Gasteiger charge is -2.42. The number of rotatable bonds is 5. The average molecular weight is 653 g/mol. The predicted octanol–water partition coefficient (Wildman–Crippen LogP) is 2.33. The van der Waals surface area contributed by atoms with Gasteiger partial charge < -0.3 is 24.2 Å². The second-order valence-electron chi connectivity index (χ2n) is 12.3. The van der Waals surface area contributed by atoms with Crippen LogP contribution >= 0.6 is 12.4 Å². The molecule has 0 aliphatic carbocycles. The van der Waals surface area contributed by atoms with E-state index in [9.17, 15) is 24.0 Å². The third kappa shape index (κ3) is 5.76. The van der Waals surface area contributed by atoms with Crippen molar-refractivity contribution in [1.82, 2.24) is 28.6 Å². The summed E-state index contributed by atoms with van der Waals surface area (Å²) >= 11 is 0. The predicted molar refractivity (Wildman–Crippen MR) is 172 cm³/mol. The summed E-state index contributed by atoms with van der Waals surface area (Å²) in [4.78, 5) is 69.7. The second-order valence-corrected chi connectivity index (χ2v) is 12.3. The zero-order chi connectivity index (χ0) is 32.2. The molecule has 14 heteroatoms. The highest BCUT2D eigenvalue weighted by molar-refractivity contribution is 5.94. The molecular weight excluding hydrogens is 616 g/mol. The van der Waals surface area contributed by atoms with Gasteiger partial charge in [0, 0.05) is 43.4 Å². The van der Waals surface area contributed by atoms with Crippen molar-refractivity contribution in [2.75, 3.05) is 46.8 Å². The summed E-state index contributed by atoms with van der Waals surface area (Å²) < 4.78 is 16.0. The van der Waals surface area contributed by atoms with Crippen molar-refractivity contribution in [3.63, 3.8) is 0 Å². The van der Waals surface area contributed by atoms with Gasteiger partial charge >= 0.3 is 17.5 Å². The number of carbonyl (C=O) groups excluding carboxylic acids is 3. The van der Waals surface area contributed by atoms with Crippen molar-refractivity contribution in [1.29, 1.82) is 0 Å². The fraction of sp³-hybridized carbons (Fsp3) is 0.406. The summed E-state index contributed by atoms with van der Waals surface area (Å²) in [6.07, 6.45) is 1.38. The van der Waals surface area contributed by atoms with Gasteiger partial charge in [-0.25, -0.2) is 28.3 Å². The van der Waals surface area contributed by atoms with E-state index >= 15 is 0 Å². The van der Waals surface area contributed by atoms with Crippen LogP contribution in [0.5, 0.6) is 11.5 Å². The first-order chi connectivity index (χ1) is 21.4. The molecule has 2 aromatic carbocycles. The number of benzene rings is 2. The van der Waals surface area contributed by atoms with Crippen LogP contribution in [-0.4, -0.2) is 98.8 Å². The quantitative estimate of drug-likeness (QED) is 0.304. The second kappa shape index (κ2) is 12.3.